The van der Waals surface area contributed by atoms with Gasteiger partial charge in [0, 0.05) is 30.5 Å². The summed E-state index contributed by atoms with van der Waals surface area (Å²) < 4.78 is 7.47. The highest BCUT2D eigenvalue weighted by atomic mass is 16.5. The van der Waals surface area contributed by atoms with Crippen LogP contribution in [0.4, 0.5) is 0 Å². The lowest BCUT2D eigenvalue weighted by molar-refractivity contribution is -0.138. The van der Waals surface area contributed by atoms with E-state index < -0.39 is 5.97 Å². The van der Waals surface area contributed by atoms with Crippen molar-refractivity contribution >= 4 is 17.8 Å². The molecule has 29 heavy (non-hydrogen) atoms. The number of rotatable bonds is 6. The van der Waals surface area contributed by atoms with E-state index in [1.54, 1.807) is 13.8 Å². The third-order valence-corrected chi connectivity index (χ3v) is 5.89. The van der Waals surface area contributed by atoms with Crippen LogP contribution in [0.2, 0.25) is 0 Å². The molecule has 6 nitrogen and oxygen atoms in total. The molecule has 0 bridgehead atoms. The maximum atomic E-state index is 12.1. The molecule has 0 radical (unpaired) electrons. The predicted octanol–water partition coefficient (Wildman–Crippen LogP) is 4.34. The van der Waals surface area contributed by atoms with Crippen molar-refractivity contribution in [3.8, 4) is 0 Å². The lowest BCUT2D eigenvalue weighted by Gasteiger charge is -2.34. The van der Waals surface area contributed by atoms with Gasteiger partial charge in [0.2, 0.25) is 0 Å². The lowest BCUT2D eigenvalue weighted by Crippen LogP contribution is -2.35. The zero-order valence-electron chi connectivity index (χ0n) is 18.3. The fraction of sp³-hybridized carbons (Fsp3) is 0.565. The largest absolute Gasteiger partial charge is 0.505 e. The first-order chi connectivity index (χ1) is 13.9. The van der Waals surface area contributed by atoms with Crippen molar-refractivity contribution in [1.82, 2.24) is 9.47 Å². The van der Waals surface area contributed by atoms with Gasteiger partial charge in [-0.2, -0.15) is 0 Å². The highest BCUT2D eigenvalue weighted by molar-refractivity contribution is 6.22. The van der Waals surface area contributed by atoms with Crippen LogP contribution in [-0.2, 0) is 9.53 Å². The van der Waals surface area contributed by atoms with E-state index in [1.165, 1.54) is 24.4 Å². The van der Waals surface area contributed by atoms with Crippen LogP contribution in [0.25, 0.3) is 6.08 Å². The number of aryl methyl sites for hydroxylation is 1. The second-order valence-corrected chi connectivity index (χ2v) is 7.94. The zero-order valence-corrected chi connectivity index (χ0v) is 18.3. The van der Waals surface area contributed by atoms with Crippen molar-refractivity contribution in [1.29, 1.82) is 0 Å². The summed E-state index contributed by atoms with van der Waals surface area (Å²) in [5.74, 6) is -0.627. The second-order valence-electron chi connectivity index (χ2n) is 7.94. The van der Waals surface area contributed by atoms with E-state index in [4.69, 9.17) is 4.74 Å². The molecule has 0 aromatic carbocycles. The molecule has 158 valence electrons. The molecule has 3 heterocycles. The molecule has 0 aliphatic carbocycles. The van der Waals surface area contributed by atoms with Crippen molar-refractivity contribution in [3.05, 3.63) is 40.0 Å². The zero-order chi connectivity index (χ0) is 21.1. The summed E-state index contributed by atoms with van der Waals surface area (Å²) in [6.45, 7) is 13.7. The van der Waals surface area contributed by atoms with Gasteiger partial charge in [0.1, 0.15) is 11.3 Å². The number of nitrogens with zero attached hydrogens (tertiary/aromatic N) is 3. The molecule has 0 saturated carbocycles. The van der Waals surface area contributed by atoms with Gasteiger partial charge in [-0.05, 0) is 71.2 Å². The van der Waals surface area contributed by atoms with Crippen LogP contribution >= 0.6 is 0 Å². The third kappa shape index (κ3) is 4.32. The summed E-state index contributed by atoms with van der Waals surface area (Å²) in [7, 11) is 0. The Hall–Kier alpha value is -2.34. The maximum absolute atomic E-state index is 12.1. The number of esters is 1. The summed E-state index contributed by atoms with van der Waals surface area (Å²) in [4.78, 5) is 19.1. The standard InChI is InChI=1S/C23H33N3O3/c1-6-10-25-11-8-19(9-12-25)26-15(3)13-18(17(26)5)14-20-22(27)21(16(4)24-20)23(28)29-7-2/h13-14,19,27H,6-12H2,1-5H3/b20-14+. The normalized spacial score (nSPS) is 19.9. The number of carbonyl (C=O) groups excluding carboxylic acids is 1. The van der Waals surface area contributed by atoms with Gasteiger partial charge in [-0.1, -0.05) is 6.92 Å². The molecule has 1 fully saturated rings. The monoisotopic (exact) mass is 399 g/mol. The van der Waals surface area contributed by atoms with Crippen molar-refractivity contribution in [2.45, 2.75) is 59.9 Å². The molecule has 1 aromatic rings. The van der Waals surface area contributed by atoms with Gasteiger partial charge in [-0.3, -0.25) is 0 Å². The van der Waals surface area contributed by atoms with E-state index >= 15 is 0 Å². The van der Waals surface area contributed by atoms with Crippen molar-refractivity contribution in [2.24, 2.45) is 4.99 Å². The van der Waals surface area contributed by atoms with Gasteiger partial charge < -0.3 is 19.3 Å². The molecule has 0 spiro atoms. The first-order valence-electron chi connectivity index (χ1n) is 10.7. The fourth-order valence-corrected chi connectivity index (χ4v) is 4.51. The van der Waals surface area contributed by atoms with Crippen molar-refractivity contribution < 1.29 is 14.6 Å². The SMILES string of the molecule is CCCN1CCC(n2c(C)cc(/C=C3/N=C(C)C(C(=O)OCC)=C3O)c2C)CC1. The smallest absolute Gasteiger partial charge is 0.343 e. The number of hydrogen-bond acceptors (Lipinski definition) is 5. The number of aliphatic hydroxyl groups is 1. The molecule has 1 N–H and O–H groups in total. The van der Waals surface area contributed by atoms with E-state index in [9.17, 15) is 9.90 Å². The highest BCUT2D eigenvalue weighted by Gasteiger charge is 2.28. The molecule has 1 saturated heterocycles. The third-order valence-electron chi connectivity index (χ3n) is 5.89. The first kappa shape index (κ1) is 21.4. The maximum Gasteiger partial charge on any atom is 0.343 e. The van der Waals surface area contributed by atoms with Gasteiger partial charge in [0.25, 0.3) is 0 Å². The van der Waals surface area contributed by atoms with Gasteiger partial charge >= 0.3 is 5.97 Å². The van der Waals surface area contributed by atoms with Crippen LogP contribution in [0.1, 0.15) is 63.0 Å². The van der Waals surface area contributed by atoms with Gasteiger partial charge in [-0.25, -0.2) is 9.79 Å². The van der Waals surface area contributed by atoms with Crippen LogP contribution in [0.3, 0.4) is 0 Å². The van der Waals surface area contributed by atoms with Crippen molar-refractivity contribution in [2.75, 3.05) is 26.2 Å². The fourth-order valence-electron chi connectivity index (χ4n) is 4.51. The minimum atomic E-state index is -0.529. The molecule has 6 heteroatoms. The Bertz CT molecular complexity index is 868. The van der Waals surface area contributed by atoms with Crippen LogP contribution in [0.15, 0.2) is 28.1 Å². The molecule has 2 aliphatic rings. The number of aliphatic imine (C=N–C) groups is 1. The number of ether oxygens (including phenoxy) is 1. The molecular weight excluding hydrogens is 366 g/mol. The first-order valence-corrected chi connectivity index (χ1v) is 10.7. The van der Waals surface area contributed by atoms with Crippen LogP contribution < -0.4 is 0 Å². The topological polar surface area (TPSA) is 67.1 Å². The predicted molar refractivity (Wildman–Crippen MR) is 116 cm³/mol. The van der Waals surface area contributed by atoms with E-state index in [-0.39, 0.29) is 17.9 Å². The van der Waals surface area contributed by atoms with Crippen LogP contribution in [-0.4, -0.2) is 52.5 Å². The molecule has 0 unspecified atom stereocenters. The molecule has 0 amide bonds. The summed E-state index contributed by atoms with van der Waals surface area (Å²) in [5, 5.41) is 10.6. The van der Waals surface area contributed by atoms with E-state index in [0.717, 1.165) is 31.5 Å². The van der Waals surface area contributed by atoms with E-state index in [0.29, 0.717) is 17.5 Å². The Balaban J connectivity index is 1.85. The number of hydrogen-bond donors (Lipinski definition) is 1. The Labute approximate surface area is 173 Å². The molecule has 3 rings (SSSR count). The Morgan fingerprint density at radius 2 is 1.97 bits per heavy atom. The number of piperidine rings is 1. The van der Waals surface area contributed by atoms with Crippen LogP contribution in [0.5, 0.6) is 0 Å². The number of carbonyl (C=O) groups is 1. The van der Waals surface area contributed by atoms with Gasteiger partial charge in [-0.15, -0.1) is 0 Å². The molecule has 2 aliphatic heterocycles. The summed E-state index contributed by atoms with van der Waals surface area (Å²) in [6.07, 6.45) is 5.38. The highest BCUT2D eigenvalue weighted by Crippen LogP contribution is 2.32. The second kappa shape index (κ2) is 8.99. The van der Waals surface area contributed by atoms with Crippen LogP contribution in [0, 0.1) is 13.8 Å². The van der Waals surface area contributed by atoms with E-state index in [2.05, 4.69) is 41.3 Å². The van der Waals surface area contributed by atoms with Gasteiger partial charge in [0.05, 0.1) is 12.3 Å². The minimum absolute atomic E-state index is 0.0985. The number of aliphatic hydroxyl groups excluding tert-OH is 1. The summed E-state index contributed by atoms with van der Waals surface area (Å²) >= 11 is 0. The Kier molecular flexibility index (Phi) is 6.63. The Morgan fingerprint density at radius 3 is 2.59 bits per heavy atom. The average molecular weight is 400 g/mol. The molecular formula is C23H33N3O3. The van der Waals surface area contributed by atoms with Gasteiger partial charge in [0.15, 0.2) is 5.76 Å². The molecule has 1 aromatic heterocycles. The van der Waals surface area contributed by atoms with E-state index in [1.807, 2.05) is 6.08 Å². The average Bonchev–Trinajstić information content (AvgIpc) is 3.11. The Morgan fingerprint density at radius 1 is 1.28 bits per heavy atom. The number of likely N-dealkylation sites (tertiary alicyclic amines) is 1. The number of aromatic nitrogens is 1. The summed E-state index contributed by atoms with van der Waals surface area (Å²) in [5.41, 5.74) is 4.50. The lowest BCUT2D eigenvalue weighted by atomic mass is 10.0. The quantitative estimate of drug-likeness (QED) is 0.723. The molecule has 0 atom stereocenters. The summed E-state index contributed by atoms with van der Waals surface area (Å²) in [6, 6.07) is 2.64. The minimum Gasteiger partial charge on any atom is -0.505 e. The van der Waals surface area contributed by atoms with Crippen molar-refractivity contribution in [3.63, 3.8) is 0 Å².